The fraction of sp³-hybridized carbons (Fsp3) is 0.350. The van der Waals surface area contributed by atoms with Crippen LogP contribution in [0.3, 0.4) is 0 Å². The van der Waals surface area contributed by atoms with E-state index in [1.165, 1.54) is 11.3 Å². The van der Waals surface area contributed by atoms with E-state index in [2.05, 4.69) is 42.3 Å². The number of hydrogen-bond acceptors (Lipinski definition) is 2. The van der Waals surface area contributed by atoms with Gasteiger partial charge in [0.05, 0.1) is 6.04 Å². The molecule has 1 atom stereocenters. The zero-order valence-electron chi connectivity index (χ0n) is 14.5. The van der Waals surface area contributed by atoms with Crippen LogP contribution in [0.2, 0.25) is 0 Å². The fourth-order valence-electron chi connectivity index (χ4n) is 3.37. The van der Waals surface area contributed by atoms with Crippen molar-refractivity contribution in [1.29, 1.82) is 0 Å². The van der Waals surface area contributed by atoms with Crippen molar-refractivity contribution in [1.82, 2.24) is 14.4 Å². The molecule has 24 heavy (non-hydrogen) atoms. The maximum atomic E-state index is 12.9. The second-order valence-corrected chi connectivity index (χ2v) is 6.48. The molecule has 2 heterocycles. The molecule has 0 N–H and O–H groups in total. The molecule has 2 aromatic rings. The third-order valence-corrected chi connectivity index (χ3v) is 4.70. The van der Waals surface area contributed by atoms with E-state index < -0.39 is 0 Å². The maximum absolute atomic E-state index is 12.9. The summed E-state index contributed by atoms with van der Waals surface area (Å²) in [4.78, 5) is 17.0. The van der Waals surface area contributed by atoms with Crippen molar-refractivity contribution in [2.45, 2.75) is 26.1 Å². The molecule has 1 aromatic heterocycles. The van der Waals surface area contributed by atoms with E-state index in [0.717, 1.165) is 31.7 Å². The monoisotopic (exact) mass is 323 g/mol. The summed E-state index contributed by atoms with van der Waals surface area (Å²) in [7, 11) is 2.06. The molecule has 0 unspecified atom stereocenters. The molecule has 3 rings (SSSR count). The minimum absolute atomic E-state index is 0.111. The van der Waals surface area contributed by atoms with Gasteiger partial charge in [0.1, 0.15) is 0 Å². The summed E-state index contributed by atoms with van der Waals surface area (Å²) in [6, 6.07) is 12.2. The Labute approximate surface area is 144 Å². The first-order chi connectivity index (χ1) is 11.6. The molecule has 1 aromatic carbocycles. The van der Waals surface area contributed by atoms with Gasteiger partial charge in [-0.1, -0.05) is 18.2 Å². The van der Waals surface area contributed by atoms with Crippen LogP contribution in [0.5, 0.6) is 0 Å². The Morgan fingerprint density at radius 3 is 2.75 bits per heavy atom. The molecule has 126 valence electrons. The molecule has 1 amide bonds. The van der Waals surface area contributed by atoms with Gasteiger partial charge in [0.2, 0.25) is 0 Å². The van der Waals surface area contributed by atoms with E-state index in [1.54, 1.807) is 0 Å². The third-order valence-electron chi connectivity index (χ3n) is 4.70. The average Bonchev–Trinajstić information content (AvgIpc) is 3.05. The summed E-state index contributed by atoms with van der Waals surface area (Å²) in [5.41, 5.74) is 3.17. The average molecular weight is 323 g/mol. The van der Waals surface area contributed by atoms with Crippen LogP contribution in [0.1, 0.15) is 34.6 Å². The van der Waals surface area contributed by atoms with Crippen molar-refractivity contribution in [3.05, 3.63) is 72.1 Å². The zero-order chi connectivity index (χ0) is 17.1. The van der Waals surface area contributed by atoms with Crippen LogP contribution in [0, 0.1) is 0 Å². The van der Waals surface area contributed by atoms with Crippen LogP contribution in [0.15, 0.2) is 55.3 Å². The minimum Gasteiger partial charge on any atom is -0.348 e. The molecular weight excluding hydrogens is 298 g/mol. The fourth-order valence-corrected chi connectivity index (χ4v) is 3.37. The number of rotatable bonds is 5. The Hall–Kier alpha value is -2.33. The number of likely N-dealkylation sites (N-methyl/N-ethyl adjacent to an activating group) is 1. The number of benzene rings is 1. The third kappa shape index (κ3) is 3.29. The second-order valence-electron chi connectivity index (χ2n) is 6.48. The van der Waals surface area contributed by atoms with Gasteiger partial charge >= 0.3 is 0 Å². The van der Waals surface area contributed by atoms with E-state index in [1.807, 2.05) is 41.3 Å². The van der Waals surface area contributed by atoms with E-state index in [4.69, 9.17) is 0 Å². The SMILES string of the molecule is C=CCN(C)Cc1ccc(C(=O)N2CCn3cccc3[C@@H]2C)cc1. The first-order valence-corrected chi connectivity index (χ1v) is 8.44. The normalized spacial score (nSPS) is 17.0. The number of aromatic nitrogens is 1. The van der Waals surface area contributed by atoms with Crippen molar-refractivity contribution in [2.24, 2.45) is 0 Å². The molecule has 0 aliphatic carbocycles. The summed E-state index contributed by atoms with van der Waals surface area (Å²) in [5, 5.41) is 0. The summed E-state index contributed by atoms with van der Waals surface area (Å²) < 4.78 is 2.23. The number of amides is 1. The van der Waals surface area contributed by atoms with E-state index in [-0.39, 0.29) is 11.9 Å². The van der Waals surface area contributed by atoms with Gasteiger partial charge in [0, 0.05) is 43.6 Å². The highest BCUT2D eigenvalue weighted by Gasteiger charge is 2.27. The number of hydrogen-bond donors (Lipinski definition) is 0. The van der Waals surface area contributed by atoms with Gasteiger partial charge in [-0.3, -0.25) is 9.69 Å². The molecule has 0 radical (unpaired) electrons. The lowest BCUT2D eigenvalue weighted by Crippen LogP contribution is -2.40. The first kappa shape index (κ1) is 16.5. The van der Waals surface area contributed by atoms with E-state index >= 15 is 0 Å². The Morgan fingerprint density at radius 2 is 2.04 bits per heavy atom. The predicted octanol–water partition coefficient (Wildman–Crippen LogP) is 3.32. The highest BCUT2D eigenvalue weighted by molar-refractivity contribution is 5.94. The summed E-state index contributed by atoms with van der Waals surface area (Å²) in [5.74, 6) is 0.112. The smallest absolute Gasteiger partial charge is 0.254 e. The molecule has 0 fully saturated rings. The Bertz CT molecular complexity index is 717. The molecule has 0 saturated carbocycles. The van der Waals surface area contributed by atoms with Crippen LogP contribution in [0.4, 0.5) is 0 Å². The number of carbonyl (C=O) groups is 1. The molecule has 0 spiro atoms. The summed E-state index contributed by atoms with van der Waals surface area (Å²) >= 11 is 0. The molecule has 0 bridgehead atoms. The van der Waals surface area contributed by atoms with Crippen molar-refractivity contribution in [3.63, 3.8) is 0 Å². The summed E-state index contributed by atoms with van der Waals surface area (Å²) in [6.45, 7) is 9.18. The lowest BCUT2D eigenvalue weighted by molar-refractivity contribution is 0.0644. The molecule has 1 aliphatic rings. The topological polar surface area (TPSA) is 28.5 Å². The zero-order valence-corrected chi connectivity index (χ0v) is 14.5. The molecule has 0 saturated heterocycles. The molecule has 1 aliphatic heterocycles. The molecular formula is C20H25N3O. The Balaban J connectivity index is 1.70. The van der Waals surface area contributed by atoms with Gasteiger partial charge in [-0.05, 0) is 43.8 Å². The van der Waals surface area contributed by atoms with Crippen molar-refractivity contribution in [3.8, 4) is 0 Å². The number of carbonyl (C=O) groups excluding carboxylic acids is 1. The Morgan fingerprint density at radius 1 is 1.29 bits per heavy atom. The van der Waals surface area contributed by atoms with Gasteiger partial charge in [0.25, 0.3) is 5.91 Å². The highest BCUT2D eigenvalue weighted by atomic mass is 16.2. The van der Waals surface area contributed by atoms with Crippen LogP contribution < -0.4 is 0 Å². The standard InChI is InChI=1S/C20H25N3O/c1-4-11-21(3)15-17-7-9-18(10-8-17)20(24)23-14-13-22-12-5-6-19(22)16(23)2/h4-10,12,16H,1,11,13-15H2,2-3H3/t16-/m0/s1. The van der Waals surface area contributed by atoms with Crippen LogP contribution >= 0.6 is 0 Å². The van der Waals surface area contributed by atoms with Gasteiger partial charge in [-0.15, -0.1) is 6.58 Å². The van der Waals surface area contributed by atoms with Crippen LogP contribution in [-0.4, -0.2) is 40.4 Å². The quantitative estimate of drug-likeness (QED) is 0.790. The van der Waals surface area contributed by atoms with Gasteiger partial charge < -0.3 is 9.47 Å². The van der Waals surface area contributed by atoms with Crippen molar-refractivity contribution in [2.75, 3.05) is 20.1 Å². The second kappa shape index (κ2) is 7.05. The van der Waals surface area contributed by atoms with Crippen LogP contribution in [0.25, 0.3) is 0 Å². The number of nitrogens with zero attached hydrogens (tertiary/aromatic N) is 3. The largest absolute Gasteiger partial charge is 0.348 e. The highest BCUT2D eigenvalue weighted by Crippen LogP contribution is 2.26. The lowest BCUT2D eigenvalue weighted by atomic mass is 10.1. The molecule has 4 heteroatoms. The Kier molecular flexibility index (Phi) is 4.86. The summed E-state index contributed by atoms with van der Waals surface area (Å²) in [6.07, 6.45) is 3.98. The van der Waals surface area contributed by atoms with Crippen LogP contribution in [-0.2, 0) is 13.1 Å². The van der Waals surface area contributed by atoms with Gasteiger partial charge in [-0.2, -0.15) is 0 Å². The van der Waals surface area contributed by atoms with E-state index in [0.29, 0.717) is 0 Å². The van der Waals surface area contributed by atoms with Gasteiger partial charge in [-0.25, -0.2) is 0 Å². The van der Waals surface area contributed by atoms with Crippen molar-refractivity contribution < 1.29 is 4.79 Å². The van der Waals surface area contributed by atoms with E-state index in [9.17, 15) is 4.79 Å². The number of fused-ring (bicyclic) bond motifs is 1. The minimum atomic E-state index is 0.111. The predicted molar refractivity (Wildman–Crippen MR) is 96.9 cm³/mol. The maximum Gasteiger partial charge on any atom is 0.254 e. The van der Waals surface area contributed by atoms with Gasteiger partial charge in [0.15, 0.2) is 0 Å². The van der Waals surface area contributed by atoms with Crippen molar-refractivity contribution >= 4 is 5.91 Å². The first-order valence-electron chi connectivity index (χ1n) is 8.44. The molecule has 4 nitrogen and oxygen atoms in total. The lowest BCUT2D eigenvalue weighted by Gasteiger charge is -2.35.